The summed E-state index contributed by atoms with van der Waals surface area (Å²) in [7, 11) is 1.28. The number of nitrogens with one attached hydrogen (secondary N) is 3. The predicted octanol–water partition coefficient (Wildman–Crippen LogP) is 2.12. The molecule has 0 aliphatic carbocycles. The molecule has 2 aromatic rings. The molecule has 0 radical (unpaired) electrons. The molecule has 0 fully saturated rings. The molecule has 2 aromatic carbocycles. The topological polar surface area (TPSA) is 137 Å². The summed E-state index contributed by atoms with van der Waals surface area (Å²) in [5.41, 5.74) is 4.66. The van der Waals surface area contributed by atoms with E-state index in [1.165, 1.54) is 13.3 Å². The number of para-hydroxylation sites is 1. The number of esters is 2. The molecule has 1 heterocycles. The summed E-state index contributed by atoms with van der Waals surface area (Å²) in [6.45, 7) is 3.18. The quantitative estimate of drug-likeness (QED) is 0.168. The Morgan fingerprint density at radius 3 is 2.53 bits per heavy atom. The minimum atomic E-state index is -0.625. The van der Waals surface area contributed by atoms with Gasteiger partial charge in [-0.15, -0.1) is 0 Å². The van der Waals surface area contributed by atoms with Gasteiger partial charge in [0.05, 0.1) is 31.5 Å². The molecule has 0 bridgehead atoms. The Morgan fingerprint density at radius 2 is 1.82 bits per heavy atom. The zero-order valence-corrected chi connectivity index (χ0v) is 21.9. The molecular formula is C26H28N4O7S. The molecule has 11 nitrogen and oxygen atoms in total. The van der Waals surface area contributed by atoms with Crippen LogP contribution >= 0.6 is 12.2 Å². The number of hydrogen-bond acceptors (Lipinski definition) is 9. The minimum Gasteiger partial charge on any atom is -0.483 e. The number of thiocarbonyl (C=S) groups is 1. The van der Waals surface area contributed by atoms with Crippen LogP contribution in [0.1, 0.15) is 31.0 Å². The summed E-state index contributed by atoms with van der Waals surface area (Å²) in [6.07, 6.45) is 1.45. The van der Waals surface area contributed by atoms with Crippen LogP contribution in [0.25, 0.3) is 0 Å². The highest BCUT2D eigenvalue weighted by Crippen LogP contribution is 2.33. The van der Waals surface area contributed by atoms with Crippen molar-refractivity contribution in [3.63, 3.8) is 0 Å². The van der Waals surface area contributed by atoms with E-state index in [1.54, 1.807) is 62.4 Å². The lowest BCUT2D eigenvalue weighted by molar-refractivity contribution is -0.143. The second-order valence-corrected chi connectivity index (χ2v) is 8.25. The Morgan fingerprint density at radius 1 is 1.08 bits per heavy atom. The zero-order chi connectivity index (χ0) is 27.5. The van der Waals surface area contributed by atoms with E-state index < -0.39 is 23.9 Å². The summed E-state index contributed by atoms with van der Waals surface area (Å²) in [5.74, 6) is -0.567. The third-order valence-corrected chi connectivity index (χ3v) is 5.44. The first-order valence-electron chi connectivity index (χ1n) is 11.6. The molecular weight excluding hydrogens is 512 g/mol. The maximum atomic E-state index is 12.7. The number of benzene rings is 2. The van der Waals surface area contributed by atoms with E-state index >= 15 is 0 Å². The van der Waals surface area contributed by atoms with E-state index in [2.05, 4.69) is 25.9 Å². The van der Waals surface area contributed by atoms with Crippen LogP contribution in [-0.2, 0) is 23.9 Å². The van der Waals surface area contributed by atoms with Gasteiger partial charge < -0.3 is 29.6 Å². The normalized spacial score (nSPS) is 14.8. The molecule has 0 saturated heterocycles. The smallest absolute Gasteiger partial charge is 0.343 e. The number of ether oxygens (including phenoxy) is 4. The lowest BCUT2D eigenvalue weighted by atomic mass is 9.95. The number of carbonyl (C=O) groups is 3. The van der Waals surface area contributed by atoms with Crippen LogP contribution in [0.4, 0.5) is 0 Å². The van der Waals surface area contributed by atoms with Gasteiger partial charge in [0.25, 0.3) is 5.91 Å². The van der Waals surface area contributed by atoms with Gasteiger partial charge >= 0.3 is 11.9 Å². The number of methoxy groups -OCH3 is 1. The molecule has 200 valence electrons. The highest BCUT2D eigenvalue weighted by atomic mass is 32.1. The van der Waals surface area contributed by atoms with Crippen molar-refractivity contribution in [2.75, 3.05) is 26.9 Å². The van der Waals surface area contributed by atoms with Crippen LogP contribution in [0.5, 0.6) is 11.5 Å². The number of nitrogens with zero attached hydrogens (tertiary/aromatic N) is 1. The molecule has 0 spiro atoms. The fourth-order valence-electron chi connectivity index (χ4n) is 3.46. The van der Waals surface area contributed by atoms with Gasteiger partial charge in [0.15, 0.2) is 18.3 Å². The third kappa shape index (κ3) is 7.77. The second-order valence-electron chi connectivity index (χ2n) is 7.84. The Labute approximate surface area is 225 Å². The number of carbonyl (C=O) groups excluding carboxylic acids is 3. The van der Waals surface area contributed by atoms with Crippen LogP contribution < -0.4 is 25.5 Å². The fraction of sp³-hybridized carbons (Fsp3) is 0.269. The molecule has 0 unspecified atom stereocenters. The van der Waals surface area contributed by atoms with Gasteiger partial charge in [0, 0.05) is 11.3 Å². The van der Waals surface area contributed by atoms with E-state index in [-0.39, 0.29) is 19.8 Å². The van der Waals surface area contributed by atoms with E-state index in [1.807, 2.05) is 0 Å². The van der Waals surface area contributed by atoms with E-state index in [0.717, 1.165) is 0 Å². The highest BCUT2D eigenvalue weighted by molar-refractivity contribution is 7.80. The van der Waals surface area contributed by atoms with Crippen LogP contribution in [0, 0.1) is 0 Å². The van der Waals surface area contributed by atoms with Crippen molar-refractivity contribution in [2.24, 2.45) is 5.10 Å². The maximum absolute atomic E-state index is 12.7. The fourth-order valence-corrected chi connectivity index (χ4v) is 3.73. The largest absolute Gasteiger partial charge is 0.483 e. The third-order valence-electron chi connectivity index (χ3n) is 5.22. The molecule has 1 atom stereocenters. The molecule has 1 aliphatic heterocycles. The minimum absolute atomic E-state index is 0.191. The Kier molecular flexibility index (Phi) is 10.2. The summed E-state index contributed by atoms with van der Waals surface area (Å²) in [5, 5.41) is 10.3. The summed E-state index contributed by atoms with van der Waals surface area (Å²) in [6, 6.07) is 13.1. The molecule has 3 N–H and O–H groups in total. The van der Waals surface area contributed by atoms with Crippen molar-refractivity contribution >= 4 is 41.4 Å². The molecule has 38 heavy (non-hydrogen) atoms. The average molecular weight is 541 g/mol. The van der Waals surface area contributed by atoms with E-state index in [9.17, 15) is 14.4 Å². The Bertz CT molecular complexity index is 1240. The van der Waals surface area contributed by atoms with Crippen LogP contribution in [0.3, 0.4) is 0 Å². The predicted molar refractivity (Wildman–Crippen MR) is 143 cm³/mol. The standard InChI is InChI=1S/C26H28N4O7S/c1-4-35-25(33)23-16(2)28-26(38)29-24(23)19-7-5-6-8-20(19)37-14-21(31)30-27-13-17-9-11-18(12-10-17)36-15-22(32)34-3/h5-13,24H,4,14-15H2,1-3H3,(H,30,31)(H2,28,29,38)/t24-/m1/s1. The van der Waals surface area contributed by atoms with E-state index in [0.29, 0.717) is 39.0 Å². The van der Waals surface area contributed by atoms with Crippen LogP contribution in [0.2, 0.25) is 0 Å². The van der Waals surface area contributed by atoms with Gasteiger partial charge in [-0.3, -0.25) is 4.79 Å². The molecule has 1 aliphatic rings. The van der Waals surface area contributed by atoms with Crippen molar-refractivity contribution in [3.05, 3.63) is 70.9 Å². The molecule has 1 amide bonds. The number of amides is 1. The molecule has 12 heteroatoms. The number of allylic oxidation sites excluding steroid dienone is 1. The van der Waals surface area contributed by atoms with Crippen molar-refractivity contribution < 1.29 is 33.3 Å². The monoisotopic (exact) mass is 540 g/mol. The van der Waals surface area contributed by atoms with Gasteiger partial charge in [-0.25, -0.2) is 15.0 Å². The van der Waals surface area contributed by atoms with E-state index in [4.69, 9.17) is 26.4 Å². The van der Waals surface area contributed by atoms with Crippen molar-refractivity contribution in [1.29, 1.82) is 0 Å². The first-order chi connectivity index (χ1) is 18.3. The molecule has 3 rings (SSSR count). The van der Waals surface area contributed by atoms with Gasteiger partial charge in [-0.1, -0.05) is 18.2 Å². The Balaban J connectivity index is 1.61. The van der Waals surface area contributed by atoms with Gasteiger partial charge in [-0.2, -0.15) is 5.10 Å². The van der Waals surface area contributed by atoms with Gasteiger partial charge in [0.2, 0.25) is 0 Å². The van der Waals surface area contributed by atoms with Crippen LogP contribution in [-0.4, -0.2) is 56.1 Å². The number of hydrazone groups is 1. The number of hydrogen-bond donors (Lipinski definition) is 3. The summed E-state index contributed by atoms with van der Waals surface area (Å²) >= 11 is 5.28. The van der Waals surface area contributed by atoms with Crippen LogP contribution in [0.15, 0.2) is 64.9 Å². The second kappa shape index (κ2) is 13.7. The number of rotatable bonds is 11. The molecule has 0 saturated carbocycles. The highest BCUT2D eigenvalue weighted by Gasteiger charge is 2.32. The van der Waals surface area contributed by atoms with Crippen molar-refractivity contribution in [2.45, 2.75) is 19.9 Å². The lowest BCUT2D eigenvalue weighted by Crippen LogP contribution is -2.45. The van der Waals surface area contributed by atoms with Gasteiger partial charge in [0.1, 0.15) is 11.5 Å². The Hall–Kier alpha value is -4.45. The van der Waals surface area contributed by atoms with Crippen molar-refractivity contribution in [1.82, 2.24) is 16.1 Å². The first kappa shape index (κ1) is 28.1. The summed E-state index contributed by atoms with van der Waals surface area (Å²) in [4.78, 5) is 36.1. The lowest BCUT2D eigenvalue weighted by Gasteiger charge is -2.30. The average Bonchev–Trinajstić information content (AvgIpc) is 2.91. The SMILES string of the molecule is CCOC(=O)C1=C(C)NC(=S)N[C@@H]1c1ccccc1OCC(=O)NN=Cc1ccc(OCC(=O)OC)cc1. The molecule has 0 aromatic heterocycles. The van der Waals surface area contributed by atoms with Crippen molar-refractivity contribution in [3.8, 4) is 11.5 Å². The maximum Gasteiger partial charge on any atom is 0.343 e. The zero-order valence-electron chi connectivity index (χ0n) is 21.1. The first-order valence-corrected chi connectivity index (χ1v) is 12.0. The summed E-state index contributed by atoms with van der Waals surface area (Å²) < 4.78 is 20.8. The van der Waals surface area contributed by atoms with Gasteiger partial charge in [-0.05, 0) is 62.0 Å².